The number of ether oxygens (including phenoxy) is 2. The van der Waals surface area contributed by atoms with E-state index in [-0.39, 0.29) is 23.8 Å². The number of halogens is 6. The zero-order chi connectivity index (χ0) is 24.6. The van der Waals surface area contributed by atoms with Gasteiger partial charge in [-0.2, -0.15) is 18.4 Å². The molecule has 4 nitrogen and oxygen atoms in total. The van der Waals surface area contributed by atoms with Crippen LogP contribution in [0.1, 0.15) is 37.5 Å². The summed E-state index contributed by atoms with van der Waals surface area (Å²) in [4.78, 5) is 12.7. The molecule has 2 aromatic carbocycles. The quantitative estimate of drug-likeness (QED) is 0.290. The van der Waals surface area contributed by atoms with Crippen molar-refractivity contribution in [1.29, 1.82) is 5.26 Å². The highest BCUT2D eigenvalue weighted by molar-refractivity contribution is 6.67. The first-order valence-corrected chi connectivity index (χ1v) is 11.0. The van der Waals surface area contributed by atoms with Crippen LogP contribution >= 0.6 is 34.8 Å². The first-order chi connectivity index (χ1) is 15.2. The molecule has 0 radical (unpaired) electrons. The minimum absolute atomic E-state index is 0.0262. The monoisotopic (exact) mass is 519 g/mol. The molecule has 0 bridgehead atoms. The second kappa shape index (κ2) is 9.25. The van der Waals surface area contributed by atoms with Gasteiger partial charge in [0.1, 0.15) is 17.6 Å². The fourth-order valence-electron chi connectivity index (χ4n) is 3.81. The second-order valence-corrected chi connectivity index (χ2v) is 10.9. The Morgan fingerprint density at radius 2 is 1.73 bits per heavy atom. The highest BCUT2D eigenvalue weighted by atomic mass is 35.6. The van der Waals surface area contributed by atoms with Gasteiger partial charge in [-0.1, -0.05) is 66.8 Å². The van der Waals surface area contributed by atoms with Gasteiger partial charge in [-0.3, -0.25) is 4.79 Å². The van der Waals surface area contributed by atoms with Crippen LogP contribution < -0.4 is 4.74 Å². The number of rotatable bonds is 6. The van der Waals surface area contributed by atoms with E-state index in [9.17, 15) is 23.2 Å². The van der Waals surface area contributed by atoms with Crippen LogP contribution in [0.2, 0.25) is 0 Å². The van der Waals surface area contributed by atoms with Gasteiger partial charge in [0, 0.05) is 5.56 Å². The van der Waals surface area contributed by atoms with Crippen molar-refractivity contribution in [3.8, 4) is 17.6 Å². The maximum atomic E-state index is 12.9. The summed E-state index contributed by atoms with van der Waals surface area (Å²) >= 11 is 17.6. The molecule has 3 unspecified atom stereocenters. The van der Waals surface area contributed by atoms with Crippen molar-refractivity contribution < 1.29 is 27.4 Å². The molecule has 3 rings (SSSR count). The Hall–Kier alpha value is -2.14. The molecule has 2 aromatic rings. The number of carbonyl (C=O) groups excluding carboxylic acids is 1. The van der Waals surface area contributed by atoms with Gasteiger partial charge in [-0.05, 0) is 48.1 Å². The molecule has 0 aromatic heterocycles. The average Bonchev–Trinajstić information content (AvgIpc) is 3.23. The van der Waals surface area contributed by atoms with Crippen molar-refractivity contribution in [1.82, 2.24) is 0 Å². The molecular formula is C23H19Cl3F3NO3. The van der Waals surface area contributed by atoms with Crippen LogP contribution in [0.4, 0.5) is 13.2 Å². The molecule has 0 saturated heterocycles. The number of esters is 1. The van der Waals surface area contributed by atoms with Crippen molar-refractivity contribution in [3.05, 3.63) is 59.7 Å². The van der Waals surface area contributed by atoms with Gasteiger partial charge in [0.2, 0.25) is 6.10 Å². The summed E-state index contributed by atoms with van der Waals surface area (Å²) in [5.41, 5.74) is -0.988. The standard InChI is InChI=1S/C23H19Cl3F3NO3/c1-21(2)17(11-22(24,25)26)19(21)20(31)33-18(12-30)13-5-3-7-15(9-13)32-16-8-4-6-14(10-16)23(27,28)29/h3-10,17-19H,11H2,1-2H3. The van der Waals surface area contributed by atoms with Gasteiger partial charge in [-0.15, -0.1) is 0 Å². The number of nitrogens with zero attached hydrogens (tertiary/aromatic N) is 1. The molecule has 10 heteroatoms. The summed E-state index contributed by atoms with van der Waals surface area (Å²) in [6, 6.07) is 12.4. The number of benzene rings is 2. The van der Waals surface area contributed by atoms with Crippen LogP contribution in [0, 0.1) is 28.6 Å². The number of carbonyl (C=O) groups is 1. The van der Waals surface area contributed by atoms with Gasteiger partial charge < -0.3 is 9.47 Å². The van der Waals surface area contributed by atoms with E-state index in [1.165, 1.54) is 24.3 Å². The fourth-order valence-corrected chi connectivity index (χ4v) is 4.31. The van der Waals surface area contributed by atoms with Crippen molar-refractivity contribution in [2.45, 2.75) is 36.3 Å². The topological polar surface area (TPSA) is 59.3 Å². The maximum Gasteiger partial charge on any atom is 0.416 e. The first kappa shape index (κ1) is 25.5. The summed E-state index contributed by atoms with van der Waals surface area (Å²) in [5, 5.41) is 9.56. The average molecular weight is 521 g/mol. The highest BCUT2D eigenvalue weighted by Gasteiger charge is 2.64. The molecular weight excluding hydrogens is 502 g/mol. The van der Waals surface area contributed by atoms with E-state index in [1.807, 2.05) is 19.9 Å². The molecule has 0 aliphatic heterocycles. The maximum absolute atomic E-state index is 12.9. The van der Waals surface area contributed by atoms with Crippen LogP contribution in [0.3, 0.4) is 0 Å². The Morgan fingerprint density at radius 3 is 2.30 bits per heavy atom. The minimum atomic E-state index is -4.51. The minimum Gasteiger partial charge on any atom is -0.457 e. The summed E-state index contributed by atoms with van der Waals surface area (Å²) in [7, 11) is 0. The Balaban J connectivity index is 1.73. The lowest BCUT2D eigenvalue weighted by atomic mass is 10.1. The second-order valence-electron chi connectivity index (χ2n) is 8.37. The zero-order valence-corrected chi connectivity index (χ0v) is 19.8. The molecule has 3 atom stereocenters. The molecule has 1 aliphatic carbocycles. The van der Waals surface area contributed by atoms with Crippen molar-refractivity contribution in [2.24, 2.45) is 17.3 Å². The predicted molar refractivity (Wildman–Crippen MR) is 118 cm³/mol. The Bertz CT molecular complexity index is 1080. The largest absolute Gasteiger partial charge is 0.457 e. The van der Waals surface area contributed by atoms with E-state index in [4.69, 9.17) is 44.3 Å². The molecule has 176 valence electrons. The highest BCUT2D eigenvalue weighted by Crippen LogP contribution is 2.63. The molecule has 1 aliphatic rings. The third-order valence-electron chi connectivity index (χ3n) is 5.66. The molecule has 33 heavy (non-hydrogen) atoms. The van der Waals surface area contributed by atoms with Gasteiger partial charge in [0.05, 0.1) is 11.5 Å². The lowest BCUT2D eigenvalue weighted by molar-refractivity contribution is -0.149. The fraction of sp³-hybridized carbons (Fsp3) is 0.391. The first-order valence-electron chi connectivity index (χ1n) is 9.84. The Morgan fingerprint density at radius 1 is 1.12 bits per heavy atom. The summed E-state index contributed by atoms with van der Waals surface area (Å²) < 4.78 is 48.2. The molecule has 1 fully saturated rings. The van der Waals surface area contributed by atoms with Gasteiger partial charge in [0.15, 0.2) is 3.79 Å². The lowest BCUT2D eigenvalue weighted by Crippen LogP contribution is -2.15. The zero-order valence-electron chi connectivity index (χ0n) is 17.5. The number of hydrogen-bond donors (Lipinski definition) is 0. The van der Waals surface area contributed by atoms with Crippen molar-refractivity contribution in [3.63, 3.8) is 0 Å². The van der Waals surface area contributed by atoms with Gasteiger partial charge >= 0.3 is 12.1 Å². The van der Waals surface area contributed by atoms with Crippen LogP contribution in [0.5, 0.6) is 11.5 Å². The van der Waals surface area contributed by atoms with Gasteiger partial charge in [0.25, 0.3) is 0 Å². The van der Waals surface area contributed by atoms with E-state index in [2.05, 4.69) is 0 Å². The SMILES string of the molecule is CC1(C)C(CC(Cl)(Cl)Cl)C1C(=O)OC(C#N)c1cccc(Oc2cccc(C(F)(F)F)c2)c1. The Labute approximate surface area is 204 Å². The molecule has 0 heterocycles. The number of alkyl halides is 6. The van der Waals surface area contributed by atoms with Gasteiger partial charge in [-0.25, -0.2) is 0 Å². The van der Waals surface area contributed by atoms with Crippen molar-refractivity contribution >= 4 is 40.8 Å². The van der Waals surface area contributed by atoms with Crippen molar-refractivity contribution in [2.75, 3.05) is 0 Å². The van der Waals surface area contributed by atoms with Crippen LogP contribution in [-0.2, 0) is 15.7 Å². The smallest absolute Gasteiger partial charge is 0.416 e. The molecule has 0 spiro atoms. The van der Waals surface area contributed by atoms with E-state index < -0.39 is 38.9 Å². The number of hydrogen-bond acceptors (Lipinski definition) is 4. The van der Waals surface area contributed by atoms with E-state index in [0.29, 0.717) is 5.56 Å². The predicted octanol–water partition coefficient (Wildman–Crippen LogP) is 7.64. The molecule has 1 saturated carbocycles. The third kappa shape index (κ3) is 6.26. The lowest BCUT2D eigenvalue weighted by Gasteiger charge is -2.14. The summed E-state index contributed by atoms with van der Waals surface area (Å²) in [6.45, 7) is 3.70. The van der Waals surface area contributed by atoms with Crippen LogP contribution in [0.25, 0.3) is 0 Å². The summed E-state index contributed by atoms with van der Waals surface area (Å²) in [6.07, 6.45) is -5.58. The third-order valence-corrected chi connectivity index (χ3v) is 6.13. The Kier molecular flexibility index (Phi) is 7.14. The van der Waals surface area contributed by atoms with Crippen LogP contribution in [-0.4, -0.2) is 9.76 Å². The normalized spacial score (nSPS) is 20.5. The van der Waals surface area contributed by atoms with E-state index >= 15 is 0 Å². The summed E-state index contributed by atoms with van der Waals surface area (Å²) in [5.74, 6) is -1.18. The van der Waals surface area contributed by atoms with E-state index in [0.717, 1.165) is 12.1 Å². The van der Waals surface area contributed by atoms with Crippen LogP contribution in [0.15, 0.2) is 48.5 Å². The van der Waals surface area contributed by atoms with E-state index in [1.54, 1.807) is 12.1 Å². The number of nitriles is 1. The molecule has 0 N–H and O–H groups in total. The molecule has 0 amide bonds.